The van der Waals surface area contributed by atoms with E-state index in [-0.39, 0.29) is 5.54 Å². The Kier molecular flexibility index (Phi) is 2.32. The minimum atomic E-state index is -0.190. The Balaban J connectivity index is 2.30. The quantitative estimate of drug-likeness (QED) is 0.780. The van der Waals surface area contributed by atoms with E-state index in [1.54, 1.807) is 4.52 Å². The largest absolute Gasteiger partial charge is 0.347 e. The highest BCUT2D eigenvalue weighted by Crippen LogP contribution is 2.10. The number of rotatable bonds is 3. The second-order valence-electron chi connectivity index (χ2n) is 4.15. The van der Waals surface area contributed by atoms with Crippen LogP contribution in [-0.2, 0) is 0 Å². The number of hydrogen-bond donors (Lipinski definition) is 2. The summed E-state index contributed by atoms with van der Waals surface area (Å²) in [4.78, 5) is 4.33. The highest BCUT2D eigenvalue weighted by Gasteiger charge is 2.17. The molecule has 0 aliphatic carbocycles. The van der Waals surface area contributed by atoms with Gasteiger partial charge in [-0.3, -0.25) is 0 Å². The van der Waals surface area contributed by atoms with Gasteiger partial charge in [0.05, 0.1) is 0 Å². The summed E-state index contributed by atoms with van der Waals surface area (Å²) < 4.78 is 1.73. The molecule has 0 fully saturated rings. The van der Waals surface area contributed by atoms with Gasteiger partial charge in [0, 0.05) is 18.3 Å². The van der Waals surface area contributed by atoms with Crippen molar-refractivity contribution in [1.29, 1.82) is 0 Å². The number of aromatic nitrogens is 3. The zero-order chi connectivity index (χ0) is 10.9. The normalized spacial score (nSPS) is 11.9. The van der Waals surface area contributed by atoms with Crippen molar-refractivity contribution in [3.05, 3.63) is 24.4 Å². The van der Waals surface area contributed by atoms with Gasteiger partial charge in [-0.25, -0.2) is 4.52 Å². The first-order valence-electron chi connectivity index (χ1n) is 4.90. The van der Waals surface area contributed by atoms with Crippen molar-refractivity contribution in [2.45, 2.75) is 19.4 Å². The third-order valence-corrected chi connectivity index (χ3v) is 2.20. The van der Waals surface area contributed by atoms with Gasteiger partial charge in [0.1, 0.15) is 0 Å². The maximum atomic E-state index is 5.62. The standard InChI is InChI=1S/C10H15N5/c1-10(2,7-11)13-9-12-8-5-3-4-6-15(8)14-9/h3-6H,7,11H2,1-2H3,(H,13,14). The van der Waals surface area contributed by atoms with Crippen molar-refractivity contribution in [2.75, 3.05) is 11.9 Å². The molecule has 0 radical (unpaired) electrons. The molecule has 0 saturated carbocycles. The van der Waals surface area contributed by atoms with Crippen LogP contribution in [0.2, 0.25) is 0 Å². The van der Waals surface area contributed by atoms with E-state index in [9.17, 15) is 0 Å². The number of nitrogens with two attached hydrogens (primary N) is 1. The molecule has 2 rings (SSSR count). The van der Waals surface area contributed by atoms with Gasteiger partial charge in [0.15, 0.2) is 5.65 Å². The maximum Gasteiger partial charge on any atom is 0.243 e. The number of fused-ring (bicyclic) bond motifs is 1. The molecule has 0 unspecified atom stereocenters. The van der Waals surface area contributed by atoms with Crippen molar-refractivity contribution >= 4 is 11.6 Å². The molecule has 0 aromatic carbocycles. The number of anilines is 1. The van der Waals surface area contributed by atoms with Gasteiger partial charge < -0.3 is 11.1 Å². The summed E-state index contributed by atoms with van der Waals surface area (Å²) in [6.07, 6.45) is 1.86. The van der Waals surface area contributed by atoms with Gasteiger partial charge in [-0.15, -0.1) is 5.10 Å². The van der Waals surface area contributed by atoms with Crippen LogP contribution in [0.5, 0.6) is 0 Å². The molecule has 0 aliphatic rings. The fourth-order valence-electron chi connectivity index (χ4n) is 1.24. The lowest BCUT2D eigenvalue weighted by atomic mass is 10.1. The van der Waals surface area contributed by atoms with Crippen LogP contribution in [0.4, 0.5) is 5.95 Å². The Morgan fingerprint density at radius 2 is 2.27 bits per heavy atom. The lowest BCUT2D eigenvalue weighted by molar-refractivity contribution is 0.574. The lowest BCUT2D eigenvalue weighted by Crippen LogP contribution is -2.39. The molecular weight excluding hydrogens is 190 g/mol. The Bertz CT molecular complexity index is 427. The molecule has 0 atom stereocenters. The molecule has 3 N–H and O–H groups in total. The third kappa shape index (κ3) is 2.07. The van der Waals surface area contributed by atoms with E-state index in [2.05, 4.69) is 15.4 Å². The molecule has 15 heavy (non-hydrogen) atoms. The Morgan fingerprint density at radius 1 is 1.47 bits per heavy atom. The van der Waals surface area contributed by atoms with Crippen molar-refractivity contribution < 1.29 is 0 Å². The van der Waals surface area contributed by atoms with E-state index in [1.165, 1.54) is 0 Å². The molecule has 0 amide bonds. The third-order valence-electron chi connectivity index (χ3n) is 2.20. The van der Waals surface area contributed by atoms with E-state index in [4.69, 9.17) is 5.73 Å². The van der Waals surface area contributed by atoms with Crippen LogP contribution >= 0.6 is 0 Å². The molecule has 2 aromatic heterocycles. The SMILES string of the molecule is CC(C)(CN)Nc1nc2ccccn2n1. The van der Waals surface area contributed by atoms with Gasteiger partial charge in [-0.05, 0) is 26.0 Å². The second-order valence-corrected chi connectivity index (χ2v) is 4.15. The molecule has 5 heteroatoms. The zero-order valence-corrected chi connectivity index (χ0v) is 8.94. The molecule has 0 spiro atoms. The smallest absolute Gasteiger partial charge is 0.243 e. The molecule has 0 aliphatic heterocycles. The van der Waals surface area contributed by atoms with Crippen molar-refractivity contribution in [1.82, 2.24) is 14.6 Å². The number of nitrogens with one attached hydrogen (secondary N) is 1. The first-order valence-corrected chi connectivity index (χ1v) is 4.90. The van der Waals surface area contributed by atoms with E-state index >= 15 is 0 Å². The Hall–Kier alpha value is -1.62. The molecule has 5 nitrogen and oxygen atoms in total. The average Bonchev–Trinajstić information content (AvgIpc) is 2.58. The van der Waals surface area contributed by atoms with Gasteiger partial charge in [-0.2, -0.15) is 4.98 Å². The molecule has 2 aromatic rings. The second kappa shape index (κ2) is 3.51. The van der Waals surface area contributed by atoms with Crippen LogP contribution < -0.4 is 11.1 Å². The van der Waals surface area contributed by atoms with Crippen LogP contribution in [0.25, 0.3) is 5.65 Å². The predicted molar refractivity (Wildman–Crippen MR) is 59.7 cm³/mol. The first kappa shape index (κ1) is 9.92. The van der Waals surface area contributed by atoms with E-state index in [0.29, 0.717) is 12.5 Å². The highest BCUT2D eigenvalue weighted by atomic mass is 15.4. The topological polar surface area (TPSA) is 68.2 Å². The molecule has 0 bridgehead atoms. The predicted octanol–water partition coefficient (Wildman–Crippen LogP) is 0.879. The van der Waals surface area contributed by atoms with Crippen LogP contribution in [-0.4, -0.2) is 26.7 Å². The highest BCUT2D eigenvalue weighted by molar-refractivity contribution is 5.43. The fourth-order valence-corrected chi connectivity index (χ4v) is 1.24. The van der Waals surface area contributed by atoms with Crippen molar-refractivity contribution in [3.63, 3.8) is 0 Å². The van der Waals surface area contributed by atoms with Gasteiger partial charge in [0.2, 0.25) is 5.95 Å². The monoisotopic (exact) mass is 205 g/mol. The zero-order valence-electron chi connectivity index (χ0n) is 8.94. The van der Waals surface area contributed by atoms with Crippen LogP contribution in [0.15, 0.2) is 24.4 Å². The minimum Gasteiger partial charge on any atom is -0.347 e. The summed E-state index contributed by atoms with van der Waals surface area (Å²) in [6.45, 7) is 4.56. The van der Waals surface area contributed by atoms with Crippen LogP contribution in [0.1, 0.15) is 13.8 Å². The Labute approximate surface area is 88.3 Å². The number of pyridine rings is 1. The van der Waals surface area contributed by atoms with Crippen molar-refractivity contribution in [2.24, 2.45) is 5.73 Å². The van der Waals surface area contributed by atoms with Crippen molar-refractivity contribution in [3.8, 4) is 0 Å². The summed E-state index contributed by atoms with van der Waals surface area (Å²) in [6, 6.07) is 5.76. The molecule has 2 heterocycles. The summed E-state index contributed by atoms with van der Waals surface area (Å²) in [5, 5.41) is 7.47. The first-order chi connectivity index (χ1) is 7.11. The lowest BCUT2D eigenvalue weighted by Gasteiger charge is -2.22. The maximum absolute atomic E-state index is 5.62. The summed E-state index contributed by atoms with van der Waals surface area (Å²) in [5.41, 5.74) is 6.26. The summed E-state index contributed by atoms with van der Waals surface area (Å²) in [7, 11) is 0. The van der Waals surface area contributed by atoms with E-state index < -0.39 is 0 Å². The molecule has 80 valence electrons. The number of nitrogens with zero attached hydrogens (tertiary/aromatic N) is 3. The fraction of sp³-hybridized carbons (Fsp3) is 0.400. The van der Waals surface area contributed by atoms with Gasteiger partial charge >= 0.3 is 0 Å². The number of hydrogen-bond acceptors (Lipinski definition) is 4. The van der Waals surface area contributed by atoms with Gasteiger partial charge in [0.25, 0.3) is 0 Å². The molecule has 0 saturated heterocycles. The minimum absolute atomic E-state index is 0.190. The van der Waals surface area contributed by atoms with Gasteiger partial charge in [-0.1, -0.05) is 6.07 Å². The summed E-state index contributed by atoms with van der Waals surface area (Å²) >= 11 is 0. The Morgan fingerprint density at radius 3 is 2.93 bits per heavy atom. The molecular formula is C10H15N5. The van der Waals surface area contributed by atoms with Crippen LogP contribution in [0, 0.1) is 0 Å². The van der Waals surface area contributed by atoms with E-state index in [0.717, 1.165) is 5.65 Å². The van der Waals surface area contributed by atoms with Crippen LogP contribution in [0.3, 0.4) is 0 Å². The summed E-state index contributed by atoms with van der Waals surface area (Å²) in [5.74, 6) is 0.608. The average molecular weight is 205 g/mol. The van der Waals surface area contributed by atoms with E-state index in [1.807, 2.05) is 38.2 Å².